The van der Waals surface area contributed by atoms with Gasteiger partial charge in [-0.15, -0.1) is 0 Å². The fraction of sp³-hybridized carbons (Fsp3) is 0.100. The summed E-state index contributed by atoms with van der Waals surface area (Å²) in [6.07, 6.45) is 3.16. The Morgan fingerprint density at radius 3 is 2.72 bits per heavy atom. The number of hydrogen-bond acceptors (Lipinski definition) is 4. The lowest BCUT2D eigenvalue weighted by molar-refractivity contribution is 0.0697. The molecule has 0 spiro atoms. The topological polar surface area (TPSA) is 87.7 Å². The van der Waals surface area contributed by atoms with Gasteiger partial charge < -0.3 is 14.6 Å². The zero-order valence-corrected chi connectivity index (χ0v) is 13.1. The molecular formula is C20H14O5. The predicted octanol–water partition coefficient (Wildman–Crippen LogP) is 1.44. The largest absolute Gasteiger partial charge is 0.478 e. The van der Waals surface area contributed by atoms with Crippen LogP contribution in [0.2, 0.25) is 0 Å². The van der Waals surface area contributed by atoms with Crippen molar-refractivity contribution in [3.8, 4) is 22.5 Å². The highest BCUT2D eigenvalue weighted by Gasteiger charge is 2.21. The number of hydrogen-bond donors (Lipinski definition) is 2. The van der Waals surface area contributed by atoms with Crippen LogP contribution in [0.3, 0.4) is 0 Å². The van der Waals surface area contributed by atoms with Crippen molar-refractivity contribution in [1.29, 1.82) is 0 Å². The van der Waals surface area contributed by atoms with Crippen molar-refractivity contribution in [1.82, 2.24) is 0 Å². The minimum atomic E-state index is -1.03. The van der Waals surface area contributed by atoms with E-state index in [-0.39, 0.29) is 11.0 Å². The minimum absolute atomic E-state index is 0.169. The molecular weight excluding hydrogens is 320 g/mol. The van der Waals surface area contributed by atoms with Crippen LogP contribution in [-0.2, 0) is 0 Å². The lowest BCUT2D eigenvalue weighted by Crippen LogP contribution is -2.34. The number of carboxylic acids is 1. The van der Waals surface area contributed by atoms with Gasteiger partial charge in [-0.3, -0.25) is 4.79 Å². The second kappa shape index (κ2) is 5.72. The normalized spacial score (nSPS) is 16.0. The number of carboxylic acid groups (broad SMARTS) is 1. The highest BCUT2D eigenvalue weighted by atomic mass is 16.4. The maximum Gasteiger partial charge on any atom is 0.336 e. The number of carbonyl (C=O) groups is 1. The van der Waals surface area contributed by atoms with E-state index in [1.807, 2.05) is 6.08 Å². The summed E-state index contributed by atoms with van der Waals surface area (Å²) < 4.78 is 5.80. The van der Waals surface area contributed by atoms with E-state index in [2.05, 4.69) is 0 Å². The summed E-state index contributed by atoms with van der Waals surface area (Å²) in [6, 6.07) is 11.2. The molecule has 1 unspecified atom stereocenters. The quantitative estimate of drug-likeness (QED) is 0.740. The molecule has 1 aromatic rings. The summed E-state index contributed by atoms with van der Waals surface area (Å²) in [5.41, 5.74) is 2.31. The van der Waals surface area contributed by atoms with Crippen molar-refractivity contribution in [2.75, 3.05) is 0 Å². The number of benzene rings is 2. The van der Waals surface area contributed by atoms with E-state index in [1.54, 1.807) is 36.4 Å². The predicted molar refractivity (Wildman–Crippen MR) is 92.8 cm³/mol. The average molecular weight is 334 g/mol. The molecule has 0 bridgehead atoms. The van der Waals surface area contributed by atoms with Gasteiger partial charge >= 0.3 is 5.97 Å². The first-order chi connectivity index (χ1) is 12.0. The molecule has 1 aliphatic heterocycles. The maximum atomic E-state index is 11.7. The fourth-order valence-corrected chi connectivity index (χ4v) is 3.22. The Hall–Kier alpha value is -3.18. The first-order valence-electron chi connectivity index (χ1n) is 7.84. The Labute approximate surface area is 142 Å². The van der Waals surface area contributed by atoms with Gasteiger partial charge in [-0.1, -0.05) is 24.3 Å². The Kier molecular flexibility index (Phi) is 3.51. The molecule has 0 amide bonds. The molecule has 3 aliphatic rings. The van der Waals surface area contributed by atoms with Crippen molar-refractivity contribution < 1.29 is 19.4 Å². The molecule has 25 heavy (non-hydrogen) atoms. The highest BCUT2D eigenvalue weighted by molar-refractivity contribution is 5.98. The SMILES string of the molecule is O=C(O)c1ccccc1-c1c2ccc(=O)cc-2oc2c1=CCC(O)C=2. The lowest BCUT2D eigenvalue weighted by Gasteiger charge is -2.17. The van der Waals surface area contributed by atoms with Crippen molar-refractivity contribution >= 4 is 18.1 Å². The monoisotopic (exact) mass is 334 g/mol. The zero-order valence-electron chi connectivity index (χ0n) is 13.1. The van der Waals surface area contributed by atoms with Gasteiger partial charge in [0.05, 0.1) is 11.7 Å². The Morgan fingerprint density at radius 1 is 1.12 bits per heavy atom. The number of aromatic carboxylic acids is 1. The van der Waals surface area contributed by atoms with Crippen LogP contribution < -0.4 is 16.1 Å². The van der Waals surface area contributed by atoms with Crippen LogP contribution in [0.5, 0.6) is 0 Å². The number of rotatable bonds is 2. The second-order valence-corrected chi connectivity index (χ2v) is 5.94. The molecule has 4 rings (SSSR count). The number of fused-ring (bicyclic) bond motifs is 2. The first kappa shape index (κ1) is 15.4. The standard InChI is InChI=1S/C20H14O5/c21-11-5-7-15-17(9-11)25-18-10-12(22)6-8-16(18)19(15)13-3-1-2-4-14(13)20(23)24/h1-5,7-10,12,22H,6H2,(H,23,24). The second-order valence-electron chi connectivity index (χ2n) is 5.94. The van der Waals surface area contributed by atoms with Gasteiger partial charge in [0.15, 0.2) is 5.43 Å². The molecule has 1 aromatic carbocycles. The van der Waals surface area contributed by atoms with Gasteiger partial charge in [-0.25, -0.2) is 4.79 Å². The van der Waals surface area contributed by atoms with Crippen LogP contribution in [0.15, 0.2) is 51.7 Å². The lowest BCUT2D eigenvalue weighted by atomic mass is 9.91. The van der Waals surface area contributed by atoms with Gasteiger partial charge in [0.2, 0.25) is 0 Å². The highest BCUT2D eigenvalue weighted by Crippen LogP contribution is 2.31. The maximum absolute atomic E-state index is 11.7. The van der Waals surface area contributed by atoms with Crippen molar-refractivity contribution in [3.05, 3.63) is 68.9 Å². The zero-order chi connectivity index (χ0) is 17.6. The van der Waals surface area contributed by atoms with E-state index in [9.17, 15) is 19.8 Å². The molecule has 0 saturated carbocycles. The van der Waals surface area contributed by atoms with Crippen LogP contribution in [0.4, 0.5) is 0 Å². The summed E-state index contributed by atoms with van der Waals surface area (Å²) in [4.78, 5) is 23.4. The third-order valence-electron chi connectivity index (χ3n) is 4.31. The molecule has 0 aromatic heterocycles. The molecule has 5 nitrogen and oxygen atoms in total. The molecule has 0 fully saturated rings. The van der Waals surface area contributed by atoms with E-state index in [0.29, 0.717) is 34.3 Å². The van der Waals surface area contributed by atoms with E-state index in [4.69, 9.17) is 4.42 Å². The van der Waals surface area contributed by atoms with Crippen LogP contribution in [-0.4, -0.2) is 22.3 Å². The van der Waals surface area contributed by atoms with Gasteiger partial charge in [-0.05, 0) is 36.3 Å². The van der Waals surface area contributed by atoms with E-state index in [1.165, 1.54) is 12.1 Å². The van der Waals surface area contributed by atoms with Gasteiger partial charge in [-0.2, -0.15) is 0 Å². The number of aliphatic hydroxyl groups is 1. The van der Waals surface area contributed by atoms with Crippen molar-refractivity contribution in [2.45, 2.75) is 12.5 Å². The molecule has 2 aliphatic carbocycles. The molecule has 0 radical (unpaired) electrons. The third kappa shape index (κ3) is 2.55. The van der Waals surface area contributed by atoms with Gasteiger partial charge in [0.1, 0.15) is 11.2 Å². The van der Waals surface area contributed by atoms with Crippen molar-refractivity contribution in [3.63, 3.8) is 0 Å². The summed E-state index contributed by atoms with van der Waals surface area (Å²) in [7, 11) is 0. The van der Waals surface area contributed by atoms with Gasteiger partial charge in [0, 0.05) is 22.4 Å². The molecule has 1 heterocycles. The van der Waals surface area contributed by atoms with Crippen LogP contribution >= 0.6 is 0 Å². The summed E-state index contributed by atoms with van der Waals surface area (Å²) in [6.45, 7) is 0. The first-order valence-corrected chi connectivity index (χ1v) is 7.84. The van der Waals surface area contributed by atoms with Crippen LogP contribution in [0.25, 0.3) is 34.6 Å². The Balaban J connectivity index is 2.21. The number of aliphatic hydroxyl groups excluding tert-OH is 1. The van der Waals surface area contributed by atoms with Crippen LogP contribution in [0, 0.1) is 0 Å². The van der Waals surface area contributed by atoms with Crippen molar-refractivity contribution in [2.24, 2.45) is 0 Å². The summed E-state index contributed by atoms with van der Waals surface area (Å²) in [5, 5.41) is 20.2. The average Bonchev–Trinajstić information content (AvgIpc) is 2.59. The van der Waals surface area contributed by atoms with Crippen LogP contribution in [0.1, 0.15) is 16.8 Å². The molecule has 0 saturated heterocycles. The summed E-state index contributed by atoms with van der Waals surface area (Å²) >= 11 is 0. The summed E-state index contributed by atoms with van der Waals surface area (Å²) in [5.74, 6) is -0.668. The minimum Gasteiger partial charge on any atom is -0.478 e. The smallest absolute Gasteiger partial charge is 0.336 e. The van der Waals surface area contributed by atoms with Gasteiger partial charge in [0.25, 0.3) is 0 Å². The molecule has 5 heteroatoms. The van der Waals surface area contributed by atoms with E-state index >= 15 is 0 Å². The van der Waals surface area contributed by atoms with E-state index < -0.39 is 12.1 Å². The fourth-order valence-electron chi connectivity index (χ4n) is 3.22. The Morgan fingerprint density at radius 2 is 1.92 bits per heavy atom. The Bertz CT molecular complexity index is 1140. The molecule has 124 valence electrons. The molecule has 2 N–H and O–H groups in total. The van der Waals surface area contributed by atoms with E-state index in [0.717, 1.165) is 5.22 Å². The molecule has 1 atom stereocenters. The third-order valence-corrected chi connectivity index (χ3v) is 4.31.